The first-order chi connectivity index (χ1) is 19.6. The van der Waals surface area contributed by atoms with Crippen molar-refractivity contribution in [3.63, 3.8) is 0 Å². The third-order valence-electron chi connectivity index (χ3n) is 10.9. The van der Waals surface area contributed by atoms with Gasteiger partial charge >= 0.3 is 17.9 Å². The zero-order valence-electron chi connectivity index (χ0n) is 25.1. The molecule has 3 fully saturated rings. The first-order valence-electron chi connectivity index (χ1n) is 14.4. The SMILES string of the molecule is C/C=C(\C)C(=O)O[C@H]1C(C)(C)[C@H](CC(=O)OC)[C@]2(C)C(=O)[C@@]1(O)C=C1[C@@H]3[C@@H](O)C(=O)O[C@@H](c4ccoc4)[C@]3(C)CC[C@@H]12. The largest absolute Gasteiger partial charge is 0.472 e. The van der Waals surface area contributed by atoms with E-state index in [1.54, 1.807) is 46.8 Å². The predicted molar refractivity (Wildman–Crippen MR) is 147 cm³/mol. The van der Waals surface area contributed by atoms with Gasteiger partial charge in [-0.05, 0) is 50.7 Å². The van der Waals surface area contributed by atoms with Gasteiger partial charge in [0.2, 0.25) is 0 Å². The average molecular weight is 585 g/mol. The van der Waals surface area contributed by atoms with Crippen molar-refractivity contribution in [3.05, 3.63) is 47.5 Å². The van der Waals surface area contributed by atoms with E-state index in [-0.39, 0.29) is 6.42 Å². The monoisotopic (exact) mass is 584 g/mol. The predicted octanol–water partition coefficient (Wildman–Crippen LogP) is 3.61. The molecule has 2 saturated carbocycles. The van der Waals surface area contributed by atoms with Crippen LogP contribution in [-0.2, 0) is 33.4 Å². The van der Waals surface area contributed by atoms with Gasteiger partial charge < -0.3 is 28.8 Å². The zero-order valence-corrected chi connectivity index (χ0v) is 25.1. The molecule has 4 aliphatic rings. The molecule has 10 heteroatoms. The molecule has 2 heterocycles. The normalized spacial score (nSPS) is 40.7. The molecule has 1 saturated heterocycles. The van der Waals surface area contributed by atoms with Gasteiger partial charge in [0.1, 0.15) is 12.2 Å². The molecule has 2 bridgehead atoms. The Balaban J connectivity index is 1.74. The van der Waals surface area contributed by atoms with Crippen molar-refractivity contribution >= 4 is 23.7 Å². The Kier molecular flexibility index (Phi) is 7.13. The summed E-state index contributed by atoms with van der Waals surface area (Å²) < 4.78 is 22.0. The Morgan fingerprint density at radius 3 is 2.48 bits per heavy atom. The fraction of sp³-hybridized carbons (Fsp3) is 0.625. The smallest absolute Gasteiger partial charge is 0.336 e. The van der Waals surface area contributed by atoms with Crippen LogP contribution in [0, 0.1) is 34.0 Å². The number of rotatable bonds is 5. The lowest BCUT2D eigenvalue weighted by atomic mass is 9.39. The Hall–Kier alpha value is -3.24. The van der Waals surface area contributed by atoms with Crippen molar-refractivity contribution in [1.29, 1.82) is 0 Å². The Bertz CT molecular complexity index is 1370. The molecular weight excluding hydrogens is 544 g/mol. The minimum absolute atomic E-state index is 0.160. The summed E-state index contributed by atoms with van der Waals surface area (Å²) in [6.45, 7) is 10.5. The van der Waals surface area contributed by atoms with Crippen molar-refractivity contribution < 1.29 is 48.0 Å². The highest BCUT2D eigenvalue weighted by molar-refractivity contribution is 5.99. The summed E-state index contributed by atoms with van der Waals surface area (Å²) in [5.41, 5.74) is -4.03. The van der Waals surface area contributed by atoms with Crippen molar-refractivity contribution in [3.8, 4) is 0 Å². The molecule has 10 nitrogen and oxygen atoms in total. The Labute approximate surface area is 245 Å². The van der Waals surface area contributed by atoms with E-state index in [2.05, 4.69) is 0 Å². The van der Waals surface area contributed by atoms with Gasteiger partial charge in [-0.3, -0.25) is 9.59 Å². The van der Waals surface area contributed by atoms with Crippen LogP contribution in [0.1, 0.15) is 72.5 Å². The summed E-state index contributed by atoms with van der Waals surface area (Å²) in [5.74, 6) is -4.68. The van der Waals surface area contributed by atoms with Crippen molar-refractivity contribution in [2.45, 2.75) is 84.7 Å². The van der Waals surface area contributed by atoms with E-state index >= 15 is 0 Å². The van der Waals surface area contributed by atoms with E-state index < -0.39 is 81.6 Å². The number of cyclic esters (lactones) is 1. The van der Waals surface area contributed by atoms with Crippen LogP contribution in [0.2, 0.25) is 0 Å². The molecular formula is C32H40O10. The number of esters is 3. The molecule has 0 radical (unpaired) electrons. The van der Waals surface area contributed by atoms with Gasteiger partial charge in [0.15, 0.2) is 17.5 Å². The fourth-order valence-electron chi connectivity index (χ4n) is 8.69. The Morgan fingerprint density at radius 2 is 1.88 bits per heavy atom. The summed E-state index contributed by atoms with van der Waals surface area (Å²) in [6.07, 6.45) is 3.08. The molecule has 228 valence electrons. The van der Waals surface area contributed by atoms with Crippen LogP contribution in [0.15, 0.2) is 46.3 Å². The Morgan fingerprint density at radius 1 is 1.19 bits per heavy atom. The summed E-state index contributed by atoms with van der Waals surface area (Å²) in [6, 6.07) is 1.71. The van der Waals surface area contributed by atoms with E-state index in [4.69, 9.17) is 18.6 Å². The van der Waals surface area contributed by atoms with E-state index in [9.17, 15) is 29.4 Å². The number of methoxy groups -OCH3 is 1. The number of ether oxygens (including phenoxy) is 3. The minimum Gasteiger partial charge on any atom is -0.472 e. The average Bonchev–Trinajstić information content (AvgIpc) is 3.48. The molecule has 1 aromatic rings. The van der Waals surface area contributed by atoms with Gasteiger partial charge in [-0.15, -0.1) is 0 Å². The maximum absolute atomic E-state index is 14.5. The molecule has 0 amide bonds. The summed E-state index contributed by atoms with van der Waals surface area (Å²) in [7, 11) is 1.27. The quantitative estimate of drug-likeness (QED) is 0.227. The highest BCUT2D eigenvalue weighted by Crippen LogP contribution is 2.69. The number of Topliss-reactive ketones (excluding diaryl/α,β-unsaturated/α-hetero) is 1. The van der Waals surface area contributed by atoms with Crippen LogP contribution in [0.4, 0.5) is 0 Å². The zero-order chi connectivity index (χ0) is 31.0. The number of allylic oxidation sites excluding steroid dienone is 1. The molecule has 2 N–H and O–H groups in total. The van der Waals surface area contributed by atoms with Gasteiger partial charge in [-0.1, -0.05) is 39.3 Å². The molecule has 0 spiro atoms. The van der Waals surface area contributed by atoms with Crippen molar-refractivity contribution in [2.24, 2.45) is 34.0 Å². The fourth-order valence-corrected chi connectivity index (χ4v) is 8.69. The van der Waals surface area contributed by atoms with Gasteiger partial charge in [-0.2, -0.15) is 0 Å². The minimum atomic E-state index is -2.29. The number of aliphatic hydroxyl groups is 2. The summed E-state index contributed by atoms with van der Waals surface area (Å²) >= 11 is 0. The second kappa shape index (κ2) is 9.91. The standard InChI is InChI=1S/C32H40O10/c1-8-16(2)25(35)42-28-29(3,4)20(13-21(33)39-7)31(6)19-9-11-30(5)22(18(19)14-32(28,38)27(31)37)23(34)26(36)41-24(30)17-10-12-40-15-17/h8,10,12,14-15,19-20,22-24,28,34,38H,9,11,13H2,1-7H3/b16-8+/t19-,20-,22+,23+,24-,28-,30+,31+,32-/m0/s1. The number of hydrogen-bond donors (Lipinski definition) is 2. The van der Waals surface area contributed by atoms with Crippen LogP contribution < -0.4 is 0 Å². The molecule has 1 aliphatic heterocycles. The maximum atomic E-state index is 14.5. The second-order valence-electron chi connectivity index (χ2n) is 13.4. The second-order valence-corrected chi connectivity index (χ2v) is 13.4. The van der Waals surface area contributed by atoms with Crippen LogP contribution >= 0.6 is 0 Å². The molecule has 5 rings (SSSR count). The molecule has 1 aromatic heterocycles. The van der Waals surface area contributed by atoms with Crippen molar-refractivity contribution in [2.75, 3.05) is 7.11 Å². The van der Waals surface area contributed by atoms with Gasteiger partial charge in [0.25, 0.3) is 0 Å². The van der Waals surface area contributed by atoms with Crippen LogP contribution in [-0.4, -0.2) is 58.8 Å². The molecule has 3 aliphatic carbocycles. The first-order valence-corrected chi connectivity index (χ1v) is 14.4. The van der Waals surface area contributed by atoms with Gasteiger partial charge in [0.05, 0.1) is 19.6 Å². The topological polar surface area (TPSA) is 150 Å². The van der Waals surface area contributed by atoms with E-state index in [0.29, 0.717) is 29.6 Å². The highest BCUT2D eigenvalue weighted by atomic mass is 16.6. The van der Waals surface area contributed by atoms with Crippen LogP contribution in [0.3, 0.4) is 0 Å². The number of fused-ring (bicyclic) bond motifs is 6. The third kappa shape index (κ3) is 3.97. The van der Waals surface area contributed by atoms with Gasteiger partial charge in [-0.25, -0.2) is 9.59 Å². The molecule has 0 aromatic carbocycles. The molecule has 42 heavy (non-hydrogen) atoms. The summed E-state index contributed by atoms with van der Waals surface area (Å²) in [5, 5.41) is 23.8. The first kappa shape index (κ1) is 30.2. The van der Waals surface area contributed by atoms with Crippen LogP contribution in [0.25, 0.3) is 0 Å². The molecule has 0 unspecified atom stereocenters. The number of carbonyl (C=O) groups is 4. The highest BCUT2D eigenvalue weighted by Gasteiger charge is 2.74. The number of aliphatic hydroxyl groups excluding tert-OH is 1. The van der Waals surface area contributed by atoms with E-state index in [1.165, 1.54) is 25.7 Å². The summed E-state index contributed by atoms with van der Waals surface area (Å²) in [4.78, 5) is 53.6. The number of hydrogen-bond acceptors (Lipinski definition) is 10. The molecule has 9 atom stereocenters. The van der Waals surface area contributed by atoms with E-state index in [0.717, 1.165) is 0 Å². The maximum Gasteiger partial charge on any atom is 0.336 e. The lowest BCUT2D eigenvalue weighted by Gasteiger charge is -2.65. The number of furan rings is 1. The van der Waals surface area contributed by atoms with Gasteiger partial charge in [0, 0.05) is 39.7 Å². The number of carbonyl (C=O) groups excluding carboxylic acids is 4. The van der Waals surface area contributed by atoms with Crippen LogP contribution in [0.5, 0.6) is 0 Å². The lowest BCUT2D eigenvalue weighted by Crippen LogP contribution is -2.74. The third-order valence-corrected chi connectivity index (χ3v) is 10.9. The lowest BCUT2D eigenvalue weighted by molar-refractivity contribution is -0.227. The van der Waals surface area contributed by atoms with E-state index in [1.807, 2.05) is 6.92 Å². The van der Waals surface area contributed by atoms with Crippen molar-refractivity contribution in [1.82, 2.24) is 0 Å². The number of ketones is 1.